The van der Waals surface area contributed by atoms with Gasteiger partial charge in [-0.25, -0.2) is 0 Å². The Labute approximate surface area is 142 Å². The van der Waals surface area contributed by atoms with Gasteiger partial charge in [0.1, 0.15) is 5.57 Å². The lowest BCUT2D eigenvalue weighted by molar-refractivity contribution is -0.521. The second-order valence-electron chi connectivity index (χ2n) is 6.22. The third-order valence-electron chi connectivity index (χ3n) is 4.47. The van der Waals surface area contributed by atoms with Gasteiger partial charge in [-0.05, 0) is 12.8 Å². The summed E-state index contributed by atoms with van der Waals surface area (Å²) >= 11 is 0. The second kappa shape index (κ2) is 6.59. The summed E-state index contributed by atoms with van der Waals surface area (Å²) in [5, 5.41) is 3.60. The van der Waals surface area contributed by atoms with E-state index >= 15 is 0 Å². The third kappa shape index (κ3) is 3.58. The minimum absolute atomic E-state index is 0.0419. The smallest absolute Gasteiger partial charge is 0.381 e. The van der Waals surface area contributed by atoms with E-state index in [2.05, 4.69) is 16.9 Å². The minimum atomic E-state index is -4.43. The Hall–Kier alpha value is -2.22. The first-order valence-corrected chi connectivity index (χ1v) is 8.05. The lowest BCUT2D eigenvalue weighted by Gasteiger charge is -2.22. The topological polar surface area (TPSA) is 54.2 Å². The number of nitrogens with zero attached hydrogens (tertiary/aromatic N) is 2. The highest BCUT2D eigenvalue weighted by molar-refractivity contribution is 6.34. The molecule has 0 radical (unpaired) electrons. The lowest BCUT2D eigenvalue weighted by Crippen LogP contribution is -2.40. The summed E-state index contributed by atoms with van der Waals surface area (Å²) in [6, 6.07) is -0.343. The summed E-state index contributed by atoms with van der Waals surface area (Å²) in [6.07, 6.45) is -0.408. The number of halogens is 3. The number of rotatable bonds is 3. The molecule has 1 unspecified atom stereocenters. The Kier molecular flexibility index (Phi) is 4.64. The summed E-state index contributed by atoms with van der Waals surface area (Å²) in [6.45, 7) is 5.84. The molecule has 2 aliphatic heterocycles. The molecule has 1 atom stereocenters. The van der Waals surface area contributed by atoms with Crippen molar-refractivity contribution in [3.8, 4) is 0 Å². The van der Waals surface area contributed by atoms with Crippen LogP contribution in [0.3, 0.4) is 0 Å². The molecular formula is C17H19F3N3O2+. The molecule has 25 heavy (non-hydrogen) atoms. The van der Waals surface area contributed by atoms with Gasteiger partial charge in [0, 0.05) is 38.4 Å². The number of hydrogen-bond donors (Lipinski definition) is 1. The Morgan fingerprint density at radius 3 is 2.76 bits per heavy atom. The van der Waals surface area contributed by atoms with Crippen LogP contribution in [0.1, 0.15) is 19.8 Å². The molecule has 134 valence electrons. The molecule has 0 bridgehead atoms. The van der Waals surface area contributed by atoms with E-state index in [1.165, 1.54) is 18.5 Å². The predicted molar refractivity (Wildman–Crippen MR) is 85.9 cm³/mol. The van der Waals surface area contributed by atoms with E-state index < -0.39 is 18.1 Å². The van der Waals surface area contributed by atoms with E-state index in [1.54, 1.807) is 0 Å². The van der Waals surface area contributed by atoms with Gasteiger partial charge in [-0.15, -0.1) is 0 Å². The highest BCUT2D eigenvalue weighted by Gasteiger charge is 2.47. The van der Waals surface area contributed by atoms with Gasteiger partial charge in [0.25, 0.3) is 11.9 Å². The summed E-state index contributed by atoms with van der Waals surface area (Å²) in [5.74, 6) is -0.399. The molecule has 1 aromatic rings. The van der Waals surface area contributed by atoms with Gasteiger partial charge < -0.3 is 10.1 Å². The average molecular weight is 354 g/mol. The number of ether oxygens (including phenoxy) is 1. The zero-order chi connectivity index (χ0) is 18.2. The molecule has 3 heterocycles. The normalized spacial score (nSPS) is 19.4. The molecule has 3 rings (SSSR count). The van der Waals surface area contributed by atoms with E-state index in [-0.39, 0.29) is 11.6 Å². The van der Waals surface area contributed by atoms with Crippen molar-refractivity contribution < 1.29 is 27.3 Å². The van der Waals surface area contributed by atoms with Crippen LogP contribution in [0.2, 0.25) is 0 Å². The van der Waals surface area contributed by atoms with Crippen molar-refractivity contribution in [2.75, 3.05) is 13.2 Å². The quantitative estimate of drug-likeness (QED) is 0.810. The molecule has 1 aromatic heterocycles. The highest BCUT2D eigenvalue weighted by atomic mass is 19.4. The summed E-state index contributed by atoms with van der Waals surface area (Å²) in [4.78, 5) is 16.6. The average Bonchev–Trinajstić information content (AvgIpc) is 2.92. The largest absolute Gasteiger partial charge is 0.451 e. The SMILES string of the molecule is C=c1cc2c(cn1)=C(C(=O)NC1CCOCC1)C=[N+]2C(C)C(F)(F)F. The van der Waals surface area contributed by atoms with Crippen LogP contribution in [-0.4, -0.2) is 53.2 Å². The van der Waals surface area contributed by atoms with Crippen molar-refractivity contribution >= 4 is 30.0 Å². The Bertz CT molecular complexity index is 827. The minimum Gasteiger partial charge on any atom is -0.381 e. The van der Waals surface area contributed by atoms with E-state index in [0.717, 1.165) is 11.5 Å². The number of nitrogens with one attached hydrogen (secondary N) is 1. The molecule has 1 fully saturated rings. The molecule has 5 nitrogen and oxygen atoms in total. The number of pyridine rings is 1. The van der Waals surface area contributed by atoms with Gasteiger partial charge in [0.15, 0.2) is 6.21 Å². The van der Waals surface area contributed by atoms with E-state index in [9.17, 15) is 18.0 Å². The van der Waals surface area contributed by atoms with Crippen LogP contribution in [0, 0.1) is 0 Å². The second-order valence-corrected chi connectivity index (χ2v) is 6.22. The van der Waals surface area contributed by atoms with Crippen LogP contribution in [-0.2, 0) is 9.53 Å². The molecule has 0 aliphatic carbocycles. The van der Waals surface area contributed by atoms with Crippen LogP contribution in [0.4, 0.5) is 18.9 Å². The van der Waals surface area contributed by atoms with Gasteiger partial charge in [-0.2, -0.15) is 17.7 Å². The number of aromatic nitrogens is 1. The fourth-order valence-corrected chi connectivity index (χ4v) is 2.95. The van der Waals surface area contributed by atoms with Crippen LogP contribution in [0.25, 0.3) is 12.2 Å². The number of carbonyl (C=O) groups is 1. The molecule has 1 saturated heterocycles. The van der Waals surface area contributed by atoms with E-state index in [0.29, 0.717) is 42.3 Å². The first kappa shape index (κ1) is 17.6. The van der Waals surface area contributed by atoms with Gasteiger partial charge in [0.05, 0.1) is 10.6 Å². The standard InChI is InChI=1S/C17H18F3N3O2/c1-10-7-15-13(8-21-10)14(9-23(15)11(2)17(18,19)20)16(24)22-12-3-5-25-6-4-12/h7-9,11-12H,1,3-6H2,2H3/p+1. The van der Waals surface area contributed by atoms with Crippen molar-refractivity contribution in [1.29, 1.82) is 0 Å². The first-order chi connectivity index (χ1) is 11.8. The van der Waals surface area contributed by atoms with Crippen molar-refractivity contribution in [3.63, 3.8) is 0 Å². The van der Waals surface area contributed by atoms with Crippen LogP contribution < -0.4 is 15.9 Å². The molecule has 0 saturated carbocycles. The number of hydrogen-bond acceptors (Lipinski definition) is 3. The first-order valence-electron chi connectivity index (χ1n) is 8.05. The van der Waals surface area contributed by atoms with Gasteiger partial charge in [0.2, 0.25) is 5.69 Å². The Morgan fingerprint density at radius 2 is 2.12 bits per heavy atom. The van der Waals surface area contributed by atoms with Crippen molar-refractivity contribution in [3.05, 3.63) is 22.8 Å². The van der Waals surface area contributed by atoms with Crippen molar-refractivity contribution in [2.45, 2.75) is 38.0 Å². The summed E-state index contributed by atoms with van der Waals surface area (Å²) < 4.78 is 45.8. The van der Waals surface area contributed by atoms with Crippen LogP contribution >= 0.6 is 0 Å². The Morgan fingerprint density at radius 1 is 1.44 bits per heavy atom. The lowest BCUT2D eigenvalue weighted by atomic mass is 10.1. The molecule has 0 spiro atoms. The monoisotopic (exact) mass is 354 g/mol. The van der Waals surface area contributed by atoms with Crippen molar-refractivity contribution in [1.82, 2.24) is 10.3 Å². The number of fused-ring (bicyclic) bond motifs is 1. The number of alkyl halides is 3. The highest BCUT2D eigenvalue weighted by Crippen LogP contribution is 2.27. The number of carbonyl (C=O) groups excluding carboxylic acids is 1. The van der Waals surface area contributed by atoms with Gasteiger partial charge in [-0.1, -0.05) is 6.58 Å². The molecule has 0 aromatic carbocycles. The fourth-order valence-electron chi connectivity index (χ4n) is 2.95. The maximum Gasteiger partial charge on any atom is 0.451 e. The molecule has 2 aliphatic rings. The summed E-state index contributed by atoms with van der Waals surface area (Å²) in [5.41, 5.74) is 0.479. The molecule has 8 heteroatoms. The maximum atomic E-state index is 13.2. The van der Waals surface area contributed by atoms with Gasteiger partial charge in [-0.3, -0.25) is 9.78 Å². The zero-order valence-corrected chi connectivity index (χ0v) is 13.8. The third-order valence-corrected chi connectivity index (χ3v) is 4.47. The van der Waals surface area contributed by atoms with E-state index in [1.807, 2.05) is 0 Å². The Balaban J connectivity index is 1.97. The van der Waals surface area contributed by atoms with Crippen LogP contribution in [0.5, 0.6) is 0 Å². The van der Waals surface area contributed by atoms with Gasteiger partial charge >= 0.3 is 6.18 Å². The zero-order valence-electron chi connectivity index (χ0n) is 13.8. The van der Waals surface area contributed by atoms with E-state index in [4.69, 9.17) is 4.74 Å². The maximum absolute atomic E-state index is 13.2. The summed E-state index contributed by atoms with van der Waals surface area (Å²) in [7, 11) is 0. The predicted octanol–water partition coefficient (Wildman–Crippen LogP) is 0.617. The fraction of sp³-hybridized carbons (Fsp3) is 0.471. The molecule has 1 N–H and O–H groups in total. The molecule has 1 amide bonds. The number of amides is 1. The van der Waals surface area contributed by atoms with Crippen LogP contribution in [0.15, 0.2) is 12.3 Å². The van der Waals surface area contributed by atoms with Crippen molar-refractivity contribution in [2.24, 2.45) is 0 Å². The molecular weight excluding hydrogens is 335 g/mol.